The van der Waals surface area contributed by atoms with E-state index in [1.54, 1.807) is 0 Å². The number of benzene rings is 3. The normalized spacial score (nSPS) is 11.0. The van der Waals surface area contributed by atoms with Crippen molar-refractivity contribution in [2.45, 2.75) is 6.92 Å². The molecule has 0 atom stereocenters. The van der Waals surface area contributed by atoms with Gasteiger partial charge >= 0.3 is 0 Å². The van der Waals surface area contributed by atoms with Crippen molar-refractivity contribution in [3.8, 4) is 51.0 Å². The molecule has 0 aliphatic carbocycles. The molecule has 3 rings (SSSR count). The molecule has 0 saturated carbocycles. The van der Waals surface area contributed by atoms with E-state index in [1.165, 1.54) is 13.0 Å². The number of aromatic hydroxyl groups is 5. The molecule has 0 bridgehead atoms. The lowest BCUT2D eigenvalue weighted by Gasteiger charge is -2.21. The van der Waals surface area contributed by atoms with Crippen molar-refractivity contribution in [3.63, 3.8) is 0 Å². The Morgan fingerprint density at radius 3 is 1.63 bits per heavy atom. The maximum Gasteiger partial charge on any atom is 0.199 e. The van der Waals surface area contributed by atoms with Crippen LogP contribution in [0.4, 0.5) is 4.39 Å². The number of hydrogen-bond acceptors (Lipinski definition) is 5. The van der Waals surface area contributed by atoms with Gasteiger partial charge in [0.05, 0.1) is 0 Å². The van der Waals surface area contributed by atoms with Crippen LogP contribution in [-0.4, -0.2) is 64.8 Å². The van der Waals surface area contributed by atoms with Crippen molar-refractivity contribution in [2.24, 2.45) is 0 Å². The fourth-order valence-corrected chi connectivity index (χ4v) is 3.20. The van der Waals surface area contributed by atoms with Gasteiger partial charge in [0, 0.05) is 5.56 Å². The zero-order valence-corrected chi connectivity index (χ0v) is 15.7. The first kappa shape index (κ1) is 21.6. The molecule has 0 aromatic heterocycles. The molecule has 0 unspecified atom stereocenters. The van der Waals surface area contributed by atoms with E-state index in [0.29, 0.717) is 0 Å². The van der Waals surface area contributed by atoms with Crippen LogP contribution in [-0.2, 0) is 0 Å². The standard InChI is InChI=1S/C19H10B5FO5/c1-4-6(9-11(21)16(27)19(30)17(28)12(9)22)2-5(3-7(4)25)8-10(20)13(23)14(24)18(29)15(8)26/h2-3,26-30H,1H3. The van der Waals surface area contributed by atoms with Crippen LogP contribution in [0.2, 0.25) is 0 Å². The minimum Gasteiger partial charge on any atom is -0.505 e. The number of phenols is 5. The summed E-state index contributed by atoms with van der Waals surface area (Å²) in [7, 11) is 29.0. The summed E-state index contributed by atoms with van der Waals surface area (Å²) >= 11 is 0. The van der Waals surface area contributed by atoms with Crippen molar-refractivity contribution in [1.29, 1.82) is 0 Å². The molecule has 3 aromatic rings. The smallest absolute Gasteiger partial charge is 0.199 e. The van der Waals surface area contributed by atoms with E-state index in [-0.39, 0.29) is 44.2 Å². The molecule has 5 nitrogen and oxygen atoms in total. The molecular weight excluding hydrogens is 381 g/mol. The summed E-state index contributed by atoms with van der Waals surface area (Å²) in [6, 6.07) is 2.32. The molecule has 11 heteroatoms. The highest BCUT2D eigenvalue weighted by molar-refractivity contribution is 6.59. The van der Waals surface area contributed by atoms with E-state index in [0.717, 1.165) is 6.07 Å². The zero-order chi connectivity index (χ0) is 22.7. The summed E-state index contributed by atoms with van der Waals surface area (Å²) < 4.78 is 14.8. The molecule has 0 heterocycles. The lowest BCUT2D eigenvalue weighted by molar-refractivity contribution is 0.372. The predicted molar refractivity (Wildman–Crippen MR) is 117 cm³/mol. The van der Waals surface area contributed by atoms with Crippen molar-refractivity contribution < 1.29 is 29.9 Å². The van der Waals surface area contributed by atoms with Crippen molar-refractivity contribution in [1.82, 2.24) is 0 Å². The molecule has 138 valence electrons. The molecule has 0 saturated heterocycles. The van der Waals surface area contributed by atoms with Crippen LogP contribution >= 0.6 is 0 Å². The second kappa shape index (κ2) is 7.31. The molecule has 0 aliphatic rings. The second-order valence-corrected chi connectivity index (χ2v) is 6.69. The molecule has 0 amide bonds. The SMILES string of the molecule is [B]c1c([B])c(O)c(O)c(-c2cc(F)c(C)c(-c3c([B])c(O)c(O)c(O)c3[B])c2)c1[B]. The number of phenolic OH excluding ortho intramolecular Hbond substituents is 5. The maximum atomic E-state index is 14.8. The Kier molecular flexibility index (Phi) is 5.27. The van der Waals surface area contributed by atoms with Crippen LogP contribution in [0.15, 0.2) is 12.1 Å². The number of rotatable bonds is 2. The maximum absolute atomic E-state index is 14.8. The predicted octanol–water partition coefficient (Wildman–Crippen LogP) is -2.03. The summed E-state index contributed by atoms with van der Waals surface area (Å²) in [4.78, 5) is 0. The molecule has 30 heavy (non-hydrogen) atoms. The third-order valence-corrected chi connectivity index (χ3v) is 4.97. The van der Waals surface area contributed by atoms with E-state index in [1.807, 2.05) is 0 Å². The Balaban J connectivity index is 2.44. The summed E-state index contributed by atoms with van der Waals surface area (Å²) in [5.41, 5.74) is -1.98. The summed E-state index contributed by atoms with van der Waals surface area (Å²) in [5, 5.41) is 50.0. The van der Waals surface area contributed by atoms with Gasteiger partial charge in [-0.1, -0.05) is 10.9 Å². The van der Waals surface area contributed by atoms with E-state index >= 15 is 0 Å². The topological polar surface area (TPSA) is 101 Å². The van der Waals surface area contributed by atoms with Crippen LogP contribution in [0.3, 0.4) is 0 Å². The minimum atomic E-state index is -0.929. The molecule has 5 N–H and O–H groups in total. The second-order valence-electron chi connectivity index (χ2n) is 6.69. The van der Waals surface area contributed by atoms with Crippen molar-refractivity contribution in [3.05, 3.63) is 23.5 Å². The van der Waals surface area contributed by atoms with E-state index in [2.05, 4.69) is 0 Å². The molecule has 3 aromatic carbocycles. The van der Waals surface area contributed by atoms with Gasteiger partial charge in [-0.2, -0.15) is 0 Å². The van der Waals surface area contributed by atoms with E-state index in [4.69, 9.17) is 39.2 Å². The van der Waals surface area contributed by atoms with Gasteiger partial charge in [0.1, 0.15) is 50.8 Å². The third kappa shape index (κ3) is 3.00. The Labute approximate surface area is 178 Å². The van der Waals surface area contributed by atoms with Gasteiger partial charge in [0.2, 0.25) is 0 Å². The summed E-state index contributed by atoms with van der Waals surface area (Å²) in [6.45, 7) is 1.38. The first-order valence-electron chi connectivity index (χ1n) is 8.41. The van der Waals surface area contributed by atoms with Gasteiger partial charge in [0.15, 0.2) is 23.0 Å². The monoisotopic (exact) mass is 392 g/mol. The van der Waals surface area contributed by atoms with Crippen LogP contribution in [0.1, 0.15) is 5.56 Å². The molecule has 0 aliphatic heterocycles. The first-order valence-corrected chi connectivity index (χ1v) is 8.41. The quantitative estimate of drug-likeness (QED) is 0.256. The molecular formula is C19H10B5FO5. The minimum absolute atomic E-state index is 0.0132. The van der Waals surface area contributed by atoms with Gasteiger partial charge in [-0.3, -0.25) is 0 Å². The lowest BCUT2D eigenvalue weighted by atomic mass is 9.68. The van der Waals surface area contributed by atoms with Gasteiger partial charge in [-0.25, -0.2) is 4.39 Å². The van der Waals surface area contributed by atoms with E-state index < -0.39 is 45.5 Å². The zero-order valence-electron chi connectivity index (χ0n) is 15.7. The lowest BCUT2D eigenvalue weighted by Crippen LogP contribution is -2.40. The largest absolute Gasteiger partial charge is 0.505 e. The van der Waals surface area contributed by atoms with Crippen LogP contribution in [0, 0.1) is 12.7 Å². The van der Waals surface area contributed by atoms with Crippen LogP contribution < -0.4 is 27.3 Å². The van der Waals surface area contributed by atoms with E-state index in [9.17, 15) is 29.9 Å². The van der Waals surface area contributed by atoms with Crippen molar-refractivity contribution >= 4 is 66.5 Å². The van der Waals surface area contributed by atoms with Gasteiger partial charge in [0.25, 0.3) is 0 Å². The Bertz CT molecular complexity index is 1170. The Hall–Kier alpha value is -3.09. The van der Waals surface area contributed by atoms with Crippen LogP contribution in [0.25, 0.3) is 22.3 Å². The highest BCUT2D eigenvalue weighted by Crippen LogP contribution is 2.39. The third-order valence-electron chi connectivity index (χ3n) is 4.97. The molecule has 0 spiro atoms. The molecule has 10 radical (unpaired) electrons. The summed E-state index contributed by atoms with van der Waals surface area (Å²) in [6.07, 6.45) is 0. The highest BCUT2D eigenvalue weighted by Gasteiger charge is 2.23. The fourth-order valence-electron chi connectivity index (χ4n) is 3.20. The average molecular weight is 391 g/mol. The van der Waals surface area contributed by atoms with Gasteiger partial charge < -0.3 is 25.5 Å². The number of halogens is 1. The van der Waals surface area contributed by atoms with Gasteiger partial charge in [-0.15, -0.1) is 5.46 Å². The first-order chi connectivity index (χ1) is 13.9. The summed E-state index contributed by atoms with van der Waals surface area (Å²) in [5.74, 6) is -4.88. The fraction of sp³-hybridized carbons (Fsp3) is 0.0526. The Morgan fingerprint density at radius 2 is 1.10 bits per heavy atom. The highest BCUT2D eigenvalue weighted by atomic mass is 19.1. The average Bonchev–Trinajstić information content (AvgIpc) is 2.71. The Morgan fingerprint density at radius 1 is 0.600 bits per heavy atom. The number of hydrogen-bond donors (Lipinski definition) is 5. The van der Waals surface area contributed by atoms with Crippen molar-refractivity contribution in [2.75, 3.05) is 0 Å². The van der Waals surface area contributed by atoms with Crippen LogP contribution in [0.5, 0.6) is 28.7 Å². The molecule has 0 fully saturated rings. The van der Waals surface area contributed by atoms with Gasteiger partial charge in [-0.05, 0) is 52.2 Å².